The van der Waals surface area contributed by atoms with E-state index in [-0.39, 0.29) is 0 Å². The first kappa shape index (κ1) is 9.76. The van der Waals surface area contributed by atoms with Gasteiger partial charge in [0.15, 0.2) is 5.52 Å². The molecule has 78 valence electrons. The number of fused-ring (bicyclic) bond motifs is 1. The van der Waals surface area contributed by atoms with Crippen molar-refractivity contribution in [3.05, 3.63) is 17.1 Å². The molecular formula is C10H12N4O. The number of hydrogen-bond donors (Lipinski definition) is 0. The standard InChI is InChI=1S/C10H12N4O/c1-5-6(2)12-9-8(11-5)7(3)13-14-10(9)15-4/h1-4H3. The molecule has 2 aromatic heterocycles. The quantitative estimate of drug-likeness (QED) is 0.701. The number of aromatic nitrogens is 4. The molecule has 0 radical (unpaired) electrons. The molecule has 2 heterocycles. The molecule has 0 aliphatic heterocycles. The van der Waals surface area contributed by atoms with Crippen molar-refractivity contribution in [2.45, 2.75) is 20.8 Å². The predicted molar refractivity (Wildman–Crippen MR) is 55.9 cm³/mol. The van der Waals surface area contributed by atoms with Crippen molar-refractivity contribution < 1.29 is 4.74 Å². The fourth-order valence-electron chi connectivity index (χ4n) is 1.36. The van der Waals surface area contributed by atoms with Gasteiger partial charge in [-0.15, -0.1) is 10.2 Å². The van der Waals surface area contributed by atoms with Crippen molar-refractivity contribution in [2.24, 2.45) is 0 Å². The third-order valence-corrected chi connectivity index (χ3v) is 2.34. The lowest BCUT2D eigenvalue weighted by atomic mass is 10.3. The van der Waals surface area contributed by atoms with Crippen LogP contribution < -0.4 is 4.74 Å². The third kappa shape index (κ3) is 1.49. The first-order chi connectivity index (χ1) is 7.13. The molecule has 0 bridgehead atoms. The van der Waals surface area contributed by atoms with E-state index < -0.39 is 0 Å². The van der Waals surface area contributed by atoms with Gasteiger partial charge >= 0.3 is 0 Å². The SMILES string of the molecule is COc1nnc(C)c2nc(C)c(C)nc12. The van der Waals surface area contributed by atoms with E-state index >= 15 is 0 Å². The van der Waals surface area contributed by atoms with Gasteiger partial charge in [0.1, 0.15) is 5.52 Å². The van der Waals surface area contributed by atoms with Crippen LogP contribution in [0.1, 0.15) is 17.1 Å². The van der Waals surface area contributed by atoms with E-state index in [1.54, 1.807) is 7.11 Å². The number of hydrogen-bond acceptors (Lipinski definition) is 5. The number of ether oxygens (including phenoxy) is 1. The Hall–Kier alpha value is -1.78. The molecule has 0 saturated heterocycles. The summed E-state index contributed by atoms with van der Waals surface area (Å²) < 4.78 is 5.10. The Morgan fingerprint density at radius 1 is 0.800 bits per heavy atom. The Morgan fingerprint density at radius 2 is 1.40 bits per heavy atom. The van der Waals surface area contributed by atoms with Crippen molar-refractivity contribution >= 4 is 11.0 Å². The summed E-state index contributed by atoms with van der Waals surface area (Å²) in [6.07, 6.45) is 0. The van der Waals surface area contributed by atoms with Crippen molar-refractivity contribution in [1.29, 1.82) is 0 Å². The normalized spacial score (nSPS) is 10.7. The molecule has 2 rings (SSSR count). The molecule has 0 N–H and O–H groups in total. The molecule has 0 saturated carbocycles. The second-order valence-electron chi connectivity index (χ2n) is 3.39. The number of rotatable bonds is 1. The zero-order chi connectivity index (χ0) is 11.0. The summed E-state index contributed by atoms with van der Waals surface area (Å²) in [6.45, 7) is 5.70. The second kappa shape index (κ2) is 3.42. The molecule has 0 amide bonds. The Morgan fingerprint density at radius 3 is 2.00 bits per heavy atom. The van der Waals surface area contributed by atoms with E-state index in [0.717, 1.165) is 22.6 Å². The zero-order valence-corrected chi connectivity index (χ0v) is 9.20. The second-order valence-corrected chi connectivity index (χ2v) is 3.39. The summed E-state index contributed by atoms with van der Waals surface area (Å²) in [5.74, 6) is 0.422. The lowest BCUT2D eigenvalue weighted by Crippen LogP contribution is -2.01. The van der Waals surface area contributed by atoms with Crippen LogP contribution in [-0.4, -0.2) is 27.3 Å². The molecule has 2 aromatic rings. The van der Waals surface area contributed by atoms with Crippen molar-refractivity contribution in [3.8, 4) is 5.88 Å². The van der Waals surface area contributed by atoms with Gasteiger partial charge in [0.2, 0.25) is 0 Å². The summed E-state index contributed by atoms with van der Waals surface area (Å²) in [7, 11) is 1.55. The first-order valence-corrected chi connectivity index (χ1v) is 4.65. The minimum atomic E-state index is 0.422. The maximum Gasteiger partial charge on any atom is 0.261 e. The van der Waals surface area contributed by atoms with Gasteiger partial charge in [-0.05, 0) is 20.8 Å². The summed E-state index contributed by atoms with van der Waals surface area (Å²) in [4.78, 5) is 8.86. The van der Waals surface area contributed by atoms with Gasteiger partial charge in [0.05, 0.1) is 24.2 Å². The molecule has 0 unspecified atom stereocenters. The molecule has 5 nitrogen and oxygen atoms in total. The highest BCUT2D eigenvalue weighted by Crippen LogP contribution is 2.21. The Balaban J connectivity index is 2.88. The van der Waals surface area contributed by atoms with E-state index in [4.69, 9.17) is 4.74 Å². The highest BCUT2D eigenvalue weighted by atomic mass is 16.5. The summed E-state index contributed by atoms with van der Waals surface area (Å²) >= 11 is 0. The molecule has 5 heteroatoms. The molecule has 0 aliphatic rings. The van der Waals surface area contributed by atoms with Crippen LogP contribution in [0.2, 0.25) is 0 Å². The van der Waals surface area contributed by atoms with Crippen LogP contribution >= 0.6 is 0 Å². The summed E-state index contributed by atoms with van der Waals surface area (Å²) in [5, 5.41) is 7.89. The van der Waals surface area contributed by atoms with Crippen LogP contribution in [0.5, 0.6) is 5.88 Å². The fourth-order valence-corrected chi connectivity index (χ4v) is 1.36. The monoisotopic (exact) mass is 204 g/mol. The molecule has 0 atom stereocenters. The third-order valence-electron chi connectivity index (χ3n) is 2.34. The van der Waals surface area contributed by atoms with Crippen molar-refractivity contribution in [3.63, 3.8) is 0 Å². The predicted octanol–water partition coefficient (Wildman–Crippen LogP) is 1.35. The highest BCUT2D eigenvalue weighted by molar-refractivity contribution is 5.80. The molecule has 0 spiro atoms. The van der Waals surface area contributed by atoms with Crippen LogP contribution in [0.15, 0.2) is 0 Å². The smallest absolute Gasteiger partial charge is 0.261 e. The number of methoxy groups -OCH3 is 1. The van der Waals surface area contributed by atoms with E-state index in [9.17, 15) is 0 Å². The van der Waals surface area contributed by atoms with E-state index in [1.165, 1.54) is 0 Å². The number of aryl methyl sites for hydroxylation is 3. The van der Waals surface area contributed by atoms with Gasteiger partial charge in [0.25, 0.3) is 5.88 Å². The molecule has 0 aromatic carbocycles. The first-order valence-electron chi connectivity index (χ1n) is 4.65. The maximum absolute atomic E-state index is 5.10. The minimum absolute atomic E-state index is 0.422. The number of nitrogens with zero attached hydrogens (tertiary/aromatic N) is 4. The molecule has 0 aliphatic carbocycles. The van der Waals surface area contributed by atoms with E-state index in [0.29, 0.717) is 11.4 Å². The average Bonchev–Trinajstić information content (AvgIpc) is 2.22. The average molecular weight is 204 g/mol. The van der Waals surface area contributed by atoms with Crippen LogP contribution in [-0.2, 0) is 0 Å². The zero-order valence-electron chi connectivity index (χ0n) is 9.20. The Kier molecular flexibility index (Phi) is 2.22. The molecular weight excluding hydrogens is 192 g/mol. The van der Waals surface area contributed by atoms with Gasteiger partial charge in [-0.2, -0.15) is 0 Å². The van der Waals surface area contributed by atoms with E-state index in [2.05, 4.69) is 20.2 Å². The largest absolute Gasteiger partial charge is 0.478 e. The minimum Gasteiger partial charge on any atom is -0.478 e. The molecule has 15 heavy (non-hydrogen) atoms. The molecule has 0 fully saturated rings. The highest BCUT2D eigenvalue weighted by Gasteiger charge is 2.11. The van der Waals surface area contributed by atoms with Gasteiger partial charge in [-0.1, -0.05) is 0 Å². The van der Waals surface area contributed by atoms with Gasteiger partial charge in [-0.25, -0.2) is 9.97 Å². The fraction of sp³-hybridized carbons (Fsp3) is 0.400. The maximum atomic E-state index is 5.10. The van der Waals surface area contributed by atoms with Crippen LogP contribution in [0.4, 0.5) is 0 Å². The van der Waals surface area contributed by atoms with E-state index in [1.807, 2.05) is 20.8 Å². The van der Waals surface area contributed by atoms with Crippen molar-refractivity contribution in [2.75, 3.05) is 7.11 Å². The lowest BCUT2D eigenvalue weighted by molar-refractivity contribution is 0.396. The Bertz CT molecular complexity index is 524. The topological polar surface area (TPSA) is 60.8 Å². The van der Waals surface area contributed by atoms with Gasteiger partial charge in [0, 0.05) is 0 Å². The Labute approximate surface area is 87.5 Å². The van der Waals surface area contributed by atoms with Crippen LogP contribution in [0, 0.1) is 20.8 Å². The van der Waals surface area contributed by atoms with Gasteiger partial charge < -0.3 is 4.74 Å². The summed E-state index contributed by atoms with van der Waals surface area (Å²) in [6, 6.07) is 0. The van der Waals surface area contributed by atoms with Crippen LogP contribution in [0.3, 0.4) is 0 Å². The van der Waals surface area contributed by atoms with Crippen molar-refractivity contribution in [1.82, 2.24) is 20.2 Å². The van der Waals surface area contributed by atoms with Crippen LogP contribution in [0.25, 0.3) is 11.0 Å². The summed E-state index contributed by atoms with van der Waals surface area (Å²) in [5.41, 5.74) is 3.98. The lowest BCUT2D eigenvalue weighted by Gasteiger charge is -2.06. The van der Waals surface area contributed by atoms with Gasteiger partial charge in [-0.3, -0.25) is 0 Å².